The largest absolute Gasteiger partial charge is 0.416 e. The van der Waals surface area contributed by atoms with E-state index in [9.17, 15) is 0 Å². The third-order valence-corrected chi connectivity index (χ3v) is 2.46. The molecule has 0 atom stereocenters. The predicted molar refractivity (Wildman–Crippen MR) is 38.3 cm³/mol. The molecule has 0 N–H and O–H groups in total. The molecule has 0 aromatic rings. The maximum absolute atomic E-state index is 5.04. The summed E-state index contributed by atoms with van der Waals surface area (Å²) in [5, 5.41) is 0. The summed E-state index contributed by atoms with van der Waals surface area (Å²) in [6.07, 6.45) is 5.59. The third kappa shape index (κ3) is 2.10. The van der Waals surface area contributed by atoms with Crippen molar-refractivity contribution in [3.8, 4) is 0 Å². The van der Waals surface area contributed by atoms with Crippen LogP contribution < -0.4 is 0 Å². The highest BCUT2D eigenvalue weighted by molar-refractivity contribution is 5.98. The number of hydrogen-bond acceptors (Lipinski definition) is 1. The maximum atomic E-state index is 5.04. The minimum Gasteiger partial charge on any atom is -0.416 e. The van der Waals surface area contributed by atoms with Crippen molar-refractivity contribution in [2.75, 3.05) is 0 Å². The first kappa shape index (κ1) is 7.29. The number of rotatable bonds is 1. The zero-order chi connectivity index (χ0) is 6.69. The summed E-state index contributed by atoms with van der Waals surface area (Å²) < 4.78 is 5.04. The van der Waals surface area contributed by atoms with Crippen molar-refractivity contribution in [2.24, 2.45) is 5.92 Å². The van der Waals surface area contributed by atoms with E-state index in [-0.39, 0.29) is 0 Å². The van der Waals surface area contributed by atoms with Crippen LogP contribution in [0, 0.1) is 5.92 Å². The van der Waals surface area contributed by atoms with E-state index in [2.05, 4.69) is 17.4 Å². The highest BCUT2D eigenvalue weighted by Crippen LogP contribution is 2.24. The summed E-state index contributed by atoms with van der Waals surface area (Å²) in [7, 11) is 3.08. The Balaban J connectivity index is 2.18. The molecule has 1 nitrogen and oxygen atoms in total. The molecule has 1 aliphatic rings. The molecule has 2 heteroatoms. The van der Waals surface area contributed by atoms with E-state index >= 15 is 0 Å². The molecule has 1 aliphatic carbocycles. The fraction of sp³-hybridized carbons (Fsp3) is 1.00. The molecule has 1 fully saturated rings. The second-order valence-corrected chi connectivity index (χ2v) is 3.24. The molecule has 0 bridgehead atoms. The van der Waals surface area contributed by atoms with Crippen LogP contribution >= 0.6 is 0 Å². The van der Waals surface area contributed by atoms with Crippen LogP contribution in [0.25, 0.3) is 0 Å². The summed E-state index contributed by atoms with van der Waals surface area (Å²) in [5.74, 6) is 0.920. The third-order valence-electron chi connectivity index (χ3n) is 2.13. The van der Waals surface area contributed by atoms with Gasteiger partial charge in [-0.2, -0.15) is 0 Å². The van der Waals surface area contributed by atoms with Gasteiger partial charge in [0.25, 0.3) is 0 Å². The molecule has 0 heterocycles. The standard InChI is InChI=1S/C7H13OSi/c1-6-2-4-7(8-9)5-3-6/h6-7H,2-5H2,1H3. The van der Waals surface area contributed by atoms with Gasteiger partial charge in [-0.05, 0) is 31.6 Å². The van der Waals surface area contributed by atoms with Gasteiger partial charge in [0.1, 0.15) is 0 Å². The van der Waals surface area contributed by atoms with Gasteiger partial charge in [-0.15, -0.1) is 0 Å². The summed E-state index contributed by atoms with van der Waals surface area (Å²) in [6, 6.07) is 0. The van der Waals surface area contributed by atoms with E-state index < -0.39 is 0 Å². The Morgan fingerprint density at radius 1 is 1.22 bits per heavy atom. The van der Waals surface area contributed by atoms with E-state index in [0.29, 0.717) is 6.10 Å². The first-order valence-electron chi connectivity index (χ1n) is 3.65. The van der Waals surface area contributed by atoms with Crippen LogP contribution in [0.15, 0.2) is 0 Å². The van der Waals surface area contributed by atoms with Gasteiger partial charge in [0, 0.05) is 6.10 Å². The molecular formula is C7H13OSi. The first-order chi connectivity index (χ1) is 4.33. The van der Waals surface area contributed by atoms with Crippen molar-refractivity contribution in [1.29, 1.82) is 0 Å². The first-order valence-corrected chi connectivity index (χ1v) is 4.06. The molecule has 51 valence electrons. The summed E-state index contributed by atoms with van der Waals surface area (Å²) >= 11 is 0. The monoisotopic (exact) mass is 141 g/mol. The van der Waals surface area contributed by atoms with Gasteiger partial charge in [0.2, 0.25) is 10.5 Å². The smallest absolute Gasteiger partial charge is 0.246 e. The van der Waals surface area contributed by atoms with E-state index in [0.717, 1.165) is 5.92 Å². The van der Waals surface area contributed by atoms with Crippen LogP contribution in [0.2, 0.25) is 0 Å². The average Bonchev–Trinajstić information content (AvgIpc) is 1.90. The topological polar surface area (TPSA) is 9.23 Å². The van der Waals surface area contributed by atoms with E-state index in [1.807, 2.05) is 0 Å². The van der Waals surface area contributed by atoms with Gasteiger partial charge >= 0.3 is 0 Å². The van der Waals surface area contributed by atoms with Gasteiger partial charge in [-0.1, -0.05) is 6.92 Å². The van der Waals surface area contributed by atoms with Crippen molar-refractivity contribution >= 4 is 10.5 Å². The van der Waals surface area contributed by atoms with Crippen molar-refractivity contribution in [3.05, 3.63) is 0 Å². The molecule has 0 aromatic heterocycles. The van der Waals surface area contributed by atoms with Crippen LogP contribution in [-0.2, 0) is 4.43 Å². The van der Waals surface area contributed by atoms with Crippen LogP contribution in [0.3, 0.4) is 0 Å². The van der Waals surface area contributed by atoms with Crippen molar-refractivity contribution in [3.63, 3.8) is 0 Å². The van der Waals surface area contributed by atoms with Gasteiger partial charge in [0.15, 0.2) is 0 Å². The van der Waals surface area contributed by atoms with Crippen LogP contribution in [0.4, 0.5) is 0 Å². The molecular weight excluding hydrogens is 128 g/mol. The lowest BCUT2D eigenvalue weighted by Gasteiger charge is -2.24. The molecule has 0 spiro atoms. The lowest BCUT2D eigenvalue weighted by molar-refractivity contribution is 0.148. The Bertz CT molecular complexity index is 77.0. The molecule has 0 amide bonds. The van der Waals surface area contributed by atoms with Crippen LogP contribution in [-0.4, -0.2) is 16.6 Å². The summed E-state index contributed by atoms with van der Waals surface area (Å²) in [6.45, 7) is 2.31. The quantitative estimate of drug-likeness (QED) is 0.505. The zero-order valence-corrected chi connectivity index (χ0v) is 6.89. The van der Waals surface area contributed by atoms with Crippen LogP contribution in [0.1, 0.15) is 32.6 Å². The lowest BCUT2D eigenvalue weighted by atomic mass is 9.89. The van der Waals surface area contributed by atoms with Crippen LogP contribution in [0.5, 0.6) is 0 Å². The normalized spacial score (nSPS) is 36.7. The second-order valence-electron chi connectivity index (χ2n) is 3.00. The van der Waals surface area contributed by atoms with Gasteiger partial charge in [-0.3, -0.25) is 0 Å². The second kappa shape index (κ2) is 3.37. The molecule has 1 rings (SSSR count). The SMILES string of the molecule is CC1CCC(O[Si])CC1. The van der Waals surface area contributed by atoms with Crippen molar-refractivity contribution in [2.45, 2.75) is 38.7 Å². The predicted octanol–water partition coefficient (Wildman–Crippen LogP) is 1.67. The molecule has 9 heavy (non-hydrogen) atoms. The lowest BCUT2D eigenvalue weighted by Crippen LogP contribution is -2.18. The Hall–Kier alpha value is 0.177. The fourth-order valence-electron chi connectivity index (χ4n) is 1.35. The van der Waals surface area contributed by atoms with E-state index in [4.69, 9.17) is 4.43 Å². The van der Waals surface area contributed by atoms with E-state index in [1.54, 1.807) is 0 Å². The molecule has 0 aromatic carbocycles. The fourth-order valence-corrected chi connectivity index (χ4v) is 1.58. The molecule has 3 radical (unpaired) electrons. The summed E-state index contributed by atoms with van der Waals surface area (Å²) in [5.41, 5.74) is 0. The highest BCUT2D eigenvalue weighted by Gasteiger charge is 2.16. The minimum absolute atomic E-state index is 0.484. The summed E-state index contributed by atoms with van der Waals surface area (Å²) in [4.78, 5) is 0. The van der Waals surface area contributed by atoms with Gasteiger partial charge in [-0.25, -0.2) is 0 Å². The van der Waals surface area contributed by atoms with E-state index in [1.165, 1.54) is 25.7 Å². The highest BCUT2D eigenvalue weighted by atomic mass is 28.2. The molecule has 0 saturated heterocycles. The molecule has 1 saturated carbocycles. The zero-order valence-electron chi connectivity index (χ0n) is 5.89. The Labute approximate surface area is 60.3 Å². The maximum Gasteiger partial charge on any atom is 0.246 e. The average molecular weight is 141 g/mol. The Kier molecular flexibility index (Phi) is 2.73. The number of hydrogen-bond donors (Lipinski definition) is 0. The van der Waals surface area contributed by atoms with Gasteiger partial charge < -0.3 is 4.43 Å². The molecule has 0 unspecified atom stereocenters. The van der Waals surface area contributed by atoms with Crippen molar-refractivity contribution in [1.82, 2.24) is 0 Å². The molecule has 0 aliphatic heterocycles. The van der Waals surface area contributed by atoms with Crippen molar-refractivity contribution < 1.29 is 4.43 Å². The Morgan fingerprint density at radius 2 is 1.78 bits per heavy atom. The minimum atomic E-state index is 0.484. The van der Waals surface area contributed by atoms with Gasteiger partial charge in [0.05, 0.1) is 0 Å². The Morgan fingerprint density at radius 3 is 2.22 bits per heavy atom.